The SMILES string of the molecule is CCOC(=O)CNC(=O)Cn1c(-c2nnc(C)o2)cc2ccccc21. The highest BCUT2D eigenvalue weighted by Gasteiger charge is 2.17. The number of esters is 1. The second kappa shape index (κ2) is 7.16. The van der Waals surface area contributed by atoms with Gasteiger partial charge in [-0.05, 0) is 19.1 Å². The lowest BCUT2D eigenvalue weighted by Gasteiger charge is -2.09. The predicted octanol–water partition coefficient (Wildman–Crippen LogP) is 1.68. The maximum atomic E-state index is 12.2. The van der Waals surface area contributed by atoms with Crippen LogP contribution in [-0.2, 0) is 20.9 Å². The first-order valence-electron chi connectivity index (χ1n) is 7.89. The zero-order valence-electron chi connectivity index (χ0n) is 14.0. The van der Waals surface area contributed by atoms with Crippen molar-refractivity contribution in [2.45, 2.75) is 20.4 Å². The first-order valence-corrected chi connectivity index (χ1v) is 7.89. The number of fused-ring (bicyclic) bond motifs is 1. The van der Waals surface area contributed by atoms with E-state index in [0.29, 0.717) is 17.5 Å². The van der Waals surface area contributed by atoms with Gasteiger partial charge in [-0.25, -0.2) is 0 Å². The van der Waals surface area contributed by atoms with Crippen molar-refractivity contribution in [2.75, 3.05) is 13.2 Å². The largest absolute Gasteiger partial charge is 0.465 e. The van der Waals surface area contributed by atoms with E-state index in [-0.39, 0.29) is 25.6 Å². The molecule has 2 aromatic heterocycles. The summed E-state index contributed by atoms with van der Waals surface area (Å²) in [5.74, 6) is -0.00156. The monoisotopic (exact) mass is 342 g/mol. The fourth-order valence-electron chi connectivity index (χ4n) is 2.54. The number of carbonyl (C=O) groups excluding carboxylic acids is 2. The van der Waals surface area contributed by atoms with Crippen LogP contribution in [0.15, 0.2) is 34.7 Å². The number of aryl methyl sites for hydroxylation is 1. The number of rotatable bonds is 6. The number of nitrogens with zero attached hydrogens (tertiary/aromatic N) is 3. The zero-order chi connectivity index (χ0) is 17.8. The van der Waals surface area contributed by atoms with Gasteiger partial charge < -0.3 is 19.0 Å². The average Bonchev–Trinajstić information content (AvgIpc) is 3.17. The van der Waals surface area contributed by atoms with Gasteiger partial charge in [-0.15, -0.1) is 10.2 Å². The van der Waals surface area contributed by atoms with Crippen LogP contribution >= 0.6 is 0 Å². The van der Waals surface area contributed by atoms with Gasteiger partial charge >= 0.3 is 5.97 Å². The van der Waals surface area contributed by atoms with E-state index >= 15 is 0 Å². The van der Waals surface area contributed by atoms with E-state index in [1.807, 2.05) is 30.3 Å². The number of carbonyl (C=O) groups is 2. The van der Waals surface area contributed by atoms with Crippen molar-refractivity contribution in [3.8, 4) is 11.6 Å². The molecule has 0 bridgehead atoms. The van der Waals surface area contributed by atoms with Gasteiger partial charge in [-0.2, -0.15) is 0 Å². The summed E-state index contributed by atoms with van der Waals surface area (Å²) in [5, 5.41) is 11.4. The summed E-state index contributed by atoms with van der Waals surface area (Å²) in [7, 11) is 0. The summed E-state index contributed by atoms with van der Waals surface area (Å²) in [6.45, 7) is 3.54. The quantitative estimate of drug-likeness (QED) is 0.684. The third-order valence-corrected chi connectivity index (χ3v) is 3.59. The molecule has 130 valence electrons. The van der Waals surface area contributed by atoms with Crippen molar-refractivity contribution < 1.29 is 18.7 Å². The molecule has 0 aliphatic carbocycles. The molecule has 1 amide bonds. The van der Waals surface area contributed by atoms with E-state index in [0.717, 1.165) is 10.9 Å². The molecule has 8 heteroatoms. The molecule has 0 unspecified atom stereocenters. The molecular formula is C17H18N4O4. The molecule has 0 aliphatic heterocycles. The van der Waals surface area contributed by atoms with Gasteiger partial charge in [0.15, 0.2) is 0 Å². The summed E-state index contributed by atoms with van der Waals surface area (Å²) in [5.41, 5.74) is 1.51. The maximum absolute atomic E-state index is 12.2. The number of aromatic nitrogens is 3. The number of para-hydroxylation sites is 1. The lowest BCUT2D eigenvalue weighted by atomic mass is 10.2. The molecule has 0 radical (unpaired) electrons. The van der Waals surface area contributed by atoms with Crippen molar-refractivity contribution in [3.05, 3.63) is 36.2 Å². The number of amides is 1. The molecule has 0 atom stereocenters. The van der Waals surface area contributed by atoms with Crippen LogP contribution < -0.4 is 5.32 Å². The highest BCUT2D eigenvalue weighted by Crippen LogP contribution is 2.27. The number of benzene rings is 1. The zero-order valence-corrected chi connectivity index (χ0v) is 14.0. The van der Waals surface area contributed by atoms with Gasteiger partial charge in [-0.3, -0.25) is 9.59 Å². The van der Waals surface area contributed by atoms with Crippen molar-refractivity contribution in [2.24, 2.45) is 0 Å². The predicted molar refractivity (Wildman–Crippen MR) is 89.6 cm³/mol. The summed E-state index contributed by atoms with van der Waals surface area (Å²) in [6, 6.07) is 9.53. The van der Waals surface area contributed by atoms with Crippen LogP contribution in [0.1, 0.15) is 12.8 Å². The Morgan fingerprint density at radius 1 is 1.28 bits per heavy atom. The van der Waals surface area contributed by atoms with Gasteiger partial charge in [0, 0.05) is 17.8 Å². The number of hydrogen-bond donors (Lipinski definition) is 1. The highest BCUT2D eigenvalue weighted by molar-refractivity contribution is 5.89. The normalized spacial score (nSPS) is 10.8. The Hall–Kier alpha value is -3.16. The Bertz CT molecular complexity index is 912. The molecule has 3 aromatic rings. The van der Waals surface area contributed by atoms with Gasteiger partial charge in [-0.1, -0.05) is 18.2 Å². The highest BCUT2D eigenvalue weighted by atomic mass is 16.5. The average molecular weight is 342 g/mol. The van der Waals surface area contributed by atoms with E-state index in [4.69, 9.17) is 9.15 Å². The minimum Gasteiger partial charge on any atom is -0.465 e. The van der Waals surface area contributed by atoms with Crippen molar-refractivity contribution in [1.29, 1.82) is 0 Å². The van der Waals surface area contributed by atoms with Crippen LogP contribution in [0.2, 0.25) is 0 Å². The summed E-state index contributed by atoms with van der Waals surface area (Å²) in [4.78, 5) is 23.6. The maximum Gasteiger partial charge on any atom is 0.325 e. The van der Waals surface area contributed by atoms with E-state index in [1.165, 1.54) is 0 Å². The molecular weight excluding hydrogens is 324 g/mol. The Kier molecular flexibility index (Phi) is 4.78. The molecule has 1 N–H and O–H groups in total. The lowest BCUT2D eigenvalue weighted by molar-refractivity contribution is -0.143. The second-order valence-corrected chi connectivity index (χ2v) is 5.38. The van der Waals surface area contributed by atoms with Crippen LogP contribution in [0.5, 0.6) is 0 Å². The smallest absolute Gasteiger partial charge is 0.325 e. The second-order valence-electron chi connectivity index (χ2n) is 5.38. The lowest BCUT2D eigenvalue weighted by Crippen LogP contribution is -2.33. The third-order valence-electron chi connectivity index (χ3n) is 3.59. The van der Waals surface area contributed by atoms with E-state index in [1.54, 1.807) is 18.4 Å². The van der Waals surface area contributed by atoms with Gasteiger partial charge in [0.25, 0.3) is 5.89 Å². The first-order chi connectivity index (χ1) is 12.1. The molecule has 2 heterocycles. The minimum absolute atomic E-state index is 0.0175. The molecule has 0 saturated carbocycles. The molecule has 0 aliphatic rings. The fourth-order valence-corrected chi connectivity index (χ4v) is 2.54. The van der Waals surface area contributed by atoms with Crippen LogP contribution in [0.25, 0.3) is 22.5 Å². The molecule has 3 rings (SSSR count). The summed E-state index contributed by atoms with van der Waals surface area (Å²) >= 11 is 0. The van der Waals surface area contributed by atoms with Crippen molar-refractivity contribution in [1.82, 2.24) is 20.1 Å². The number of hydrogen-bond acceptors (Lipinski definition) is 6. The Labute approximate surface area is 143 Å². The molecule has 8 nitrogen and oxygen atoms in total. The number of ether oxygens (including phenoxy) is 1. The Morgan fingerprint density at radius 3 is 2.80 bits per heavy atom. The summed E-state index contributed by atoms with van der Waals surface area (Å²) in [6.07, 6.45) is 0. The van der Waals surface area contributed by atoms with Gasteiger partial charge in [0.2, 0.25) is 11.8 Å². The van der Waals surface area contributed by atoms with Crippen LogP contribution in [0, 0.1) is 6.92 Å². The molecule has 0 fully saturated rings. The fraction of sp³-hybridized carbons (Fsp3) is 0.294. The van der Waals surface area contributed by atoms with Crippen LogP contribution in [0.4, 0.5) is 0 Å². The van der Waals surface area contributed by atoms with E-state index in [9.17, 15) is 9.59 Å². The van der Waals surface area contributed by atoms with Crippen LogP contribution in [-0.4, -0.2) is 39.8 Å². The molecule has 1 aromatic carbocycles. The van der Waals surface area contributed by atoms with Crippen molar-refractivity contribution in [3.63, 3.8) is 0 Å². The topological polar surface area (TPSA) is 99.2 Å². The Morgan fingerprint density at radius 2 is 2.08 bits per heavy atom. The van der Waals surface area contributed by atoms with Crippen molar-refractivity contribution >= 4 is 22.8 Å². The third kappa shape index (κ3) is 3.68. The van der Waals surface area contributed by atoms with Gasteiger partial charge in [0.1, 0.15) is 18.8 Å². The standard InChI is InChI=1S/C17H18N4O4/c1-3-24-16(23)9-18-15(22)10-21-13-7-5-4-6-12(13)8-14(21)17-20-19-11(2)25-17/h4-8H,3,9-10H2,1-2H3,(H,18,22). The molecule has 0 spiro atoms. The minimum atomic E-state index is -0.471. The molecule has 25 heavy (non-hydrogen) atoms. The summed E-state index contributed by atoms with van der Waals surface area (Å²) < 4.78 is 12.1. The Balaban J connectivity index is 1.86. The van der Waals surface area contributed by atoms with E-state index in [2.05, 4.69) is 15.5 Å². The van der Waals surface area contributed by atoms with Crippen LogP contribution in [0.3, 0.4) is 0 Å². The van der Waals surface area contributed by atoms with Gasteiger partial charge in [0.05, 0.1) is 6.61 Å². The van der Waals surface area contributed by atoms with E-state index < -0.39 is 5.97 Å². The molecule has 0 saturated heterocycles. The first kappa shape index (κ1) is 16.7. The number of nitrogens with one attached hydrogen (secondary N) is 1.